The second kappa shape index (κ2) is 5.07. The van der Waals surface area contributed by atoms with Gasteiger partial charge in [-0.1, -0.05) is 12.8 Å². The molecule has 0 bridgehead atoms. The third-order valence-corrected chi connectivity index (χ3v) is 5.70. The van der Waals surface area contributed by atoms with E-state index in [1.807, 2.05) is 11.3 Å². The molecule has 1 aliphatic heterocycles. The van der Waals surface area contributed by atoms with Gasteiger partial charge in [-0.2, -0.15) is 0 Å². The summed E-state index contributed by atoms with van der Waals surface area (Å²) in [4.78, 5) is 6.43. The fourth-order valence-corrected chi connectivity index (χ4v) is 4.60. The van der Waals surface area contributed by atoms with Crippen LogP contribution in [0.5, 0.6) is 0 Å². The Bertz CT molecular complexity index is 374. The molecule has 17 heavy (non-hydrogen) atoms. The molecule has 0 radical (unpaired) electrons. The molecule has 0 amide bonds. The number of hydrogen-bond donors (Lipinski definition) is 1. The minimum Gasteiger partial charge on any atom is -0.316 e. The van der Waals surface area contributed by atoms with Crippen LogP contribution in [0.3, 0.4) is 0 Å². The third-order valence-electron chi connectivity index (χ3n) is 4.22. The van der Waals surface area contributed by atoms with Crippen LogP contribution in [0.2, 0.25) is 0 Å². The van der Waals surface area contributed by atoms with E-state index in [2.05, 4.69) is 12.2 Å². The Labute approximate surface area is 108 Å². The smallest absolute Gasteiger partial charge is 0.0961 e. The lowest BCUT2D eigenvalue weighted by atomic mass is 9.97. The van der Waals surface area contributed by atoms with Crippen molar-refractivity contribution < 1.29 is 0 Å². The van der Waals surface area contributed by atoms with Crippen molar-refractivity contribution in [3.63, 3.8) is 0 Å². The molecule has 1 aliphatic carbocycles. The number of rotatable bonds is 2. The van der Waals surface area contributed by atoms with E-state index in [1.165, 1.54) is 55.8 Å². The van der Waals surface area contributed by atoms with Crippen LogP contribution in [0.25, 0.3) is 0 Å². The van der Waals surface area contributed by atoms with E-state index in [0.29, 0.717) is 0 Å². The summed E-state index contributed by atoms with van der Waals surface area (Å²) < 4.78 is 0. The van der Waals surface area contributed by atoms with E-state index < -0.39 is 0 Å². The van der Waals surface area contributed by atoms with Crippen LogP contribution in [0, 0.1) is 6.92 Å². The van der Waals surface area contributed by atoms with Crippen molar-refractivity contribution in [1.29, 1.82) is 0 Å². The summed E-state index contributed by atoms with van der Waals surface area (Å²) in [6.07, 6.45) is 8.22. The molecule has 2 aliphatic rings. The zero-order valence-electron chi connectivity index (χ0n) is 10.7. The molecule has 94 valence electrons. The number of piperidine rings is 1. The minimum atomic E-state index is 0.733. The third kappa shape index (κ3) is 2.41. The van der Waals surface area contributed by atoms with Crippen molar-refractivity contribution in [2.45, 2.75) is 57.3 Å². The van der Waals surface area contributed by atoms with E-state index >= 15 is 0 Å². The summed E-state index contributed by atoms with van der Waals surface area (Å²) in [5.74, 6) is 1.51. The van der Waals surface area contributed by atoms with Gasteiger partial charge >= 0.3 is 0 Å². The van der Waals surface area contributed by atoms with Crippen molar-refractivity contribution in [1.82, 2.24) is 10.3 Å². The highest BCUT2D eigenvalue weighted by Crippen LogP contribution is 2.39. The molecule has 1 saturated carbocycles. The van der Waals surface area contributed by atoms with Gasteiger partial charge in [-0.3, -0.25) is 0 Å². The summed E-state index contributed by atoms with van der Waals surface area (Å²) in [6.45, 7) is 4.57. The normalized spacial score (nSPS) is 26.5. The Morgan fingerprint density at radius 2 is 1.88 bits per heavy atom. The van der Waals surface area contributed by atoms with Gasteiger partial charge in [0, 0.05) is 23.3 Å². The standard InChI is InChI=1S/C14H22N2S/c1-10-13(12-7-4-8-15-9-12)17-14(16-10)11-5-2-3-6-11/h11-12,15H,2-9H2,1H3. The van der Waals surface area contributed by atoms with Crippen LogP contribution in [0.4, 0.5) is 0 Å². The Kier molecular flexibility index (Phi) is 3.48. The lowest BCUT2D eigenvalue weighted by Crippen LogP contribution is -2.28. The zero-order valence-corrected chi connectivity index (χ0v) is 11.5. The first kappa shape index (κ1) is 11.7. The average Bonchev–Trinajstić information content (AvgIpc) is 2.99. The fourth-order valence-electron chi connectivity index (χ4n) is 3.23. The van der Waals surface area contributed by atoms with E-state index in [1.54, 1.807) is 4.88 Å². The van der Waals surface area contributed by atoms with Gasteiger partial charge < -0.3 is 5.32 Å². The predicted molar refractivity (Wildman–Crippen MR) is 72.9 cm³/mol. The summed E-state index contributed by atoms with van der Waals surface area (Å²) in [6, 6.07) is 0. The highest BCUT2D eigenvalue weighted by Gasteiger charge is 2.25. The van der Waals surface area contributed by atoms with Gasteiger partial charge in [0.15, 0.2) is 0 Å². The molecule has 3 heteroatoms. The largest absolute Gasteiger partial charge is 0.316 e. The maximum absolute atomic E-state index is 4.86. The Morgan fingerprint density at radius 3 is 2.59 bits per heavy atom. The van der Waals surface area contributed by atoms with Crippen molar-refractivity contribution in [2.75, 3.05) is 13.1 Å². The van der Waals surface area contributed by atoms with Crippen molar-refractivity contribution in [2.24, 2.45) is 0 Å². The fraction of sp³-hybridized carbons (Fsp3) is 0.786. The number of thiazole rings is 1. The van der Waals surface area contributed by atoms with Crippen LogP contribution in [0.1, 0.15) is 65.9 Å². The van der Waals surface area contributed by atoms with Crippen LogP contribution < -0.4 is 5.32 Å². The van der Waals surface area contributed by atoms with Crippen LogP contribution >= 0.6 is 11.3 Å². The number of nitrogens with one attached hydrogen (secondary N) is 1. The van der Waals surface area contributed by atoms with Gasteiger partial charge in [0.2, 0.25) is 0 Å². The average molecular weight is 250 g/mol. The molecule has 1 atom stereocenters. The Balaban J connectivity index is 1.79. The van der Waals surface area contributed by atoms with Crippen LogP contribution in [-0.4, -0.2) is 18.1 Å². The van der Waals surface area contributed by atoms with Gasteiger partial charge in [0.25, 0.3) is 0 Å². The summed E-state index contributed by atoms with van der Waals surface area (Å²) in [5, 5.41) is 4.95. The van der Waals surface area contributed by atoms with Gasteiger partial charge in [0.1, 0.15) is 0 Å². The molecule has 1 aromatic heterocycles. The minimum absolute atomic E-state index is 0.733. The molecular formula is C14H22N2S. The van der Waals surface area contributed by atoms with E-state index in [0.717, 1.165) is 18.4 Å². The number of aromatic nitrogens is 1. The maximum Gasteiger partial charge on any atom is 0.0961 e. The molecule has 1 aromatic rings. The topological polar surface area (TPSA) is 24.9 Å². The molecular weight excluding hydrogens is 228 g/mol. The molecule has 2 nitrogen and oxygen atoms in total. The molecule has 2 heterocycles. The second-order valence-corrected chi connectivity index (χ2v) is 6.59. The molecule has 0 spiro atoms. The lowest BCUT2D eigenvalue weighted by molar-refractivity contribution is 0.464. The Morgan fingerprint density at radius 1 is 1.12 bits per heavy atom. The molecule has 1 N–H and O–H groups in total. The number of nitrogens with zero attached hydrogens (tertiary/aromatic N) is 1. The zero-order chi connectivity index (χ0) is 11.7. The maximum atomic E-state index is 4.86. The first-order chi connectivity index (χ1) is 8.34. The quantitative estimate of drug-likeness (QED) is 0.868. The summed E-state index contributed by atoms with van der Waals surface area (Å²) >= 11 is 2.01. The molecule has 3 rings (SSSR count). The summed E-state index contributed by atoms with van der Waals surface area (Å²) in [5.41, 5.74) is 1.31. The molecule has 0 aromatic carbocycles. The van der Waals surface area contributed by atoms with E-state index in [9.17, 15) is 0 Å². The van der Waals surface area contributed by atoms with Crippen molar-refractivity contribution >= 4 is 11.3 Å². The van der Waals surface area contributed by atoms with Gasteiger partial charge in [-0.05, 0) is 39.2 Å². The summed E-state index contributed by atoms with van der Waals surface area (Å²) in [7, 11) is 0. The number of hydrogen-bond acceptors (Lipinski definition) is 3. The van der Waals surface area contributed by atoms with Crippen LogP contribution in [-0.2, 0) is 0 Å². The first-order valence-corrected chi connectivity index (χ1v) is 7.84. The monoisotopic (exact) mass is 250 g/mol. The highest BCUT2D eigenvalue weighted by molar-refractivity contribution is 7.12. The highest BCUT2D eigenvalue weighted by atomic mass is 32.1. The molecule has 1 saturated heterocycles. The van der Waals surface area contributed by atoms with Gasteiger partial charge in [-0.15, -0.1) is 11.3 Å². The predicted octanol–water partition coefficient (Wildman–Crippen LogP) is 3.58. The molecule has 2 fully saturated rings. The van der Waals surface area contributed by atoms with Crippen molar-refractivity contribution in [3.05, 3.63) is 15.6 Å². The van der Waals surface area contributed by atoms with Gasteiger partial charge in [-0.25, -0.2) is 4.98 Å². The van der Waals surface area contributed by atoms with Crippen molar-refractivity contribution in [3.8, 4) is 0 Å². The Hall–Kier alpha value is -0.410. The molecule has 1 unspecified atom stereocenters. The number of aryl methyl sites for hydroxylation is 1. The van der Waals surface area contributed by atoms with E-state index in [-0.39, 0.29) is 0 Å². The first-order valence-electron chi connectivity index (χ1n) is 7.02. The van der Waals surface area contributed by atoms with Gasteiger partial charge in [0.05, 0.1) is 10.7 Å². The van der Waals surface area contributed by atoms with E-state index in [4.69, 9.17) is 4.98 Å². The lowest BCUT2D eigenvalue weighted by Gasteiger charge is -2.21. The SMILES string of the molecule is Cc1nc(C2CCCC2)sc1C1CCCNC1. The van der Waals surface area contributed by atoms with Crippen LogP contribution in [0.15, 0.2) is 0 Å². The second-order valence-electron chi connectivity index (χ2n) is 5.53.